The van der Waals surface area contributed by atoms with E-state index in [2.05, 4.69) is 18.0 Å². The second-order valence-corrected chi connectivity index (χ2v) is 4.47. The predicted octanol–water partition coefficient (Wildman–Crippen LogP) is 3.26. The molecule has 0 saturated carbocycles. The molecule has 1 aromatic heterocycles. The average molecular weight is 242 g/mol. The van der Waals surface area contributed by atoms with E-state index in [9.17, 15) is 0 Å². The number of aryl methyl sites for hydroxylation is 3. The van der Waals surface area contributed by atoms with Gasteiger partial charge in [-0.1, -0.05) is 23.8 Å². The highest BCUT2D eigenvalue weighted by Crippen LogP contribution is 2.25. The average Bonchev–Trinajstić information content (AvgIpc) is 2.33. The zero-order valence-corrected chi connectivity index (χ0v) is 11.0. The summed E-state index contributed by atoms with van der Waals surface area (Å²) in [6.07, 6.45) is 0. The Morgan fingerprint density at radius 2 is 1.89 bits per heavy atom. The van der Waals surface area contributed by atoms with E-state index >= 15 is 0 Å². The zero-order chi connectivity index (χ0) is 13.1. The fourth-order valence-corrected chi connectivity index (χ4v) is 1.87. The summed E-state index contributed by atoms with van der Waals surface area (Å²) in [6.45, 7) is 6.54. The Hall–Kier alpha value is -1.87. The molecular formula is C15H18N2O. The van der Waals surface area contributed by atoms with Crippen LogP contribution < -0.4 is 10.5 Å². The predicted molar refractivity (Wildman–Crippen MR) is 72.9 cm³/mol. The minimum absolute atomic E-state index is 0.503. The minimum Gasteiger partial charge on any atom is -0.439 e. The first-order valence-corrected chi connectivity index (χ1v) is 6.02. The second kappa shape index (κ2) is 5.19. The second-order valence-electron chi connectivity index (χ2n) is 4.47. The molecule has 0 atom stereocenters. The van der Waals surface area contributed by atoms with Crippen molar-refractivity contribution in [2.75, 3.05) is 0 Å². The van der Waals surface area contributed by atoms with Crippen molar-refractivity contribution in [2.24, 2.45) is 5.73 Å². The quantitative estimate of drug-likeness (QED) is 0.898. The van der Waals surface area contributed by atoms with E-state index in [-0.39, 0.29) is 0 Å². The molecule has 2 rings (SSSR count). The fraction of sp³-hybridized carbons (Fsp3) is 0.267. The van der Waals surface area contributed by atoms with Gasteiger partial charge in [0.05, 0.1) is 0 Å². The smallest absolute Gasteiger partial charge is 0.219 e. The number of aromatic nitrogens is 1. The van der Waals surface area contributed by atoms with Crippen molar-refractivity contribution >= 4 is 0 Å². The molecule has 18 heavy (non-hydrogen) atoms. The van der Waals surface area contributed by atoms with E-state index in [1.807, 2.05) is 38.1 Å². The molecule has 1 heterocycles. The molecule has 0 fully saturated rings. The van der Waals surface area contributed by atoms with Crippen molar-refractivity contribution < 1.29 is 4.74 Å². The van der Waals surface area contributed by atoms with E-state index in [4.69, 9.17) is 10.5 Å². The van der Waals surface area contributed by atoms with Crippen molar-refractivity contribution in [3.8, 4) is 11.6 Å². The topological polar surface area (TPSA) is 48.1 Å². The number of ether oxygens (including phenoxy) is 1. The largest absolute Gasteiger partial charge is 0.439 e. The highest BCUT2D eigenvalue weighted by atomic mass is 16.5. The normalized spacial score (nSPS) is 10.4. The third kappa shape index (κ3) is 2.68. The maximum absolute atomic E-state index is 5.79. The van der Waals surface area contributed by atoms with Crippen LogP contribution in [0.3, 0.4) is 0 Å². The molecule has 0 aliphatic rings. The minimum atomic E-state index is 0.503. The van der Waals surface area contributed by atoms with Crippen molar-refractivity contribution in [1.82, 2.24) is 4.98 Å². The number of benzene rings is 1. The lowest BCUT2D eigenvalue weighted by Crippen LogP contribution is -2.01. The van der Waals surface area contributed by atoms with Gasteiger partial charge in [-0.25, -0.2) is 4.98 Å². The molecule has 3 nitrogen and oxygen atoms in total. The first-order chi connectivity index (χ1) is 8.60. The summed E-state index contributed by atoms with van der Waals surface area (Å²) >= 11 is 0. The molecule has 0 saturated heterocycles. The number of rotatable bonds is 3. The molecule has 0 bridgehead atoms. The SMILES string of the molecule is Cc1ccc(Oc2ccc(CN)c(C)n2)c(C)c1. The third-order valence-electron chi connectivity index (χ3n) is 2.93. The van der Waals surface area contributed by atoms with Crippen LogP contribution in [0.1, 0.15) is 22.4 Å². The molecule has 0 amide bonds. The van der Waals surface area contributed by atoms with Crippen LogP contribution >= 0.6 is 0 Å². The summed E-state index contributed by atoms with van der Waals surface area (Å²) in [5.74, 6) is 1.45. The molecule has 3 heteroatoms. The molecule has 0 aliphatic heterocycles. The molecule has 2 N–H and O–H groups in total. The van der Waals surface area contributed by atoms with Gasteiger partial charge in [-0.15, -0.1) is 0 Å². The molecule has 0 radical (unpaired) electrons. The maximum atomic E-state index is 5.79. The molecular weight excluding hydrogens is 224 g/mol. The Morgan fingerprint density at radius 3 is 2.50 bits per heavy atom. The van der Waals surface area contributed by atoms with E-state index < -0.39 is 0 Å². The number of pyridine rings is 1. The zero-order valence-electron chi connectivity index (χ0n) is 11.0. The Morgan fingerprint density at radius 1 is 1.11 bits per heavy atom. The van der Waals surface area contributed by atoms with E-state index in [1.54, 1.807) is 0 Å². The number of nitrogens with two attached hydrogens (primary N) is 1. The number of hydrogen-bond acceptors (Lipinski definition) is 3. The van der Waals surface area contributed by atoms with Gasteiger partial charge >= 0.3 is 0 Å². The monoisotopic (exact) mass is 242 g/mol. The van der Waals surface area contributed by atoms with Crippen molar-refractivity contribution in [1.29, 1.82) is 0 Å². The fourth-order valence-electron chi connectivity index (χ4n) is 1.87. The van der Waals surface area contributed by atoms with Crippen LogP contribution in [0.25, 0.3) is 0 Å². The summed E-state index contributed by atoms with van der Waals surface area (Å²) in [5, 5.41) is 0. The number of nitrogens with zero attached hydrogens (tertiary/aromatic N) is 1. The van der Waals surface area contributed by atoms with Gasteiger partial charge in [0.2, 0.25) is 5.88 Å². The summed E-state index contributed by atoms with van der Waals surface area (Å²) in [6, 6.07) is 9.91. The summed E-state index contributed by atoms with van der Waals surface area (Å²) in [5.41, 5.74) is 9.91. The summed E-state index contributed by atoms with van der Waals surface area (Å²) in [7, 11) is 0. The Bertz CT molecular complexity index is 564. The van der Waals surface area contributed by atoms with E-state index in [0.29, 0.717) is 12.4 Å². The van der Waals surface area contributed by atoms with E-state index in [1.165, 1.54) is 5.56 Å². The van der Waals surface area contributed by atoms with Gasteiger partial charge in [0, 0.05) is 18.3 Å². The third-order valence-corrected chi connectivity index (χ3v) is 2.93. The van der Waals surface area contributed by atoms with Crippen LogP contribution in [0.4, 0.5) is 0 Å². The standard InChI is InChI=1S/C15H18N2O/c1-10-4-6-14(11(2)8-10)18-15-7-5-13(9-16)12(3)17-15/h4-8H,9,16H2,1-3H3. The van der Waals surface area contributed by atoms with Gasteiger partial charge in [-0.05, 0) is 38.0 Å². The maximum Gasteiger partial charge on any atom is 0.219 e. The first-order valence-electron chi connectivity index (χ1n) is 6.02. The van der Waals surface area contributed by atoms with Crippen molar-refractivity contribution in [3.63, 3.8) is 0 Å². The van der Waals surface area contributed by atoms with Crippen molar-refractivity contribution in [3.05, 3.63) is 52.7 Å². The van der Waals surface area contributed by atoms with Crippen molar-refractivity contribution in [2.45, 2.75) is 27.3 Å². The van der Waals surface area contributed by atoms with Gasteiger partial charge < -0.3 is 10.5 Å². The highest BCUT2D eigenvalue weighted by Gasteiger charge is 2.05. The van der Waals surface area contributed by atoms with Crippen LogP contribution in [0, 0.1) is 20.8 Å². The number of hydrogen-bond donors (Lipinski definition) is 1. The Kier molecular flexibility index (Phi) is 3.63. The molecule has 2 aromatic rings. The van der Waals surface area contributed by atoms with Crippen LogP contribution in [0.5, 0.6) is 11.6 Å². The van der Waals surface area contributed by atoms with Crippen LogP contribution in [-0.2, 0) is 6.54 Å². The van der Waals surface area contributed by atoms with Gasteiger partial charge in [-0.2, -0.15) is 0 Å². The lowest BCUT2D eigenvalue weighted by atomic mass is 10.1. The van der Waals surface area contributed by atoms with Gasteiger partial charge in [0.1, 0.15) is 5.75 Å². The molecule has 1 aromatic carbocycles. The van der Waals surface area contributed by atoms with Gasteiger partial charge in [0.25, 0.3) is 0 Å². The van der Waals surface area contributed by atoms with Crippen LogP contribution in [0.2, 0.25) is 0 Å². The Balaban J connectivity index is 2.26. The molecule has 0 unspecified atom stereocenters. The summed E-state index contributed by atoms with van der Waals surface area (Å²) < 4.78 is 5.79. The highest BCUT2D eigenvalue weighted by molar-refractivity contribution is 5.38. The van der Waals surface area contributed by atoms with Crippen LogP contribution in [-0.4, -0.2) is 4.98 Å². The molecule has 0 aliphatic carbocycles. The molecule has 94 valence electrons. The lowest BCUT2D eigenvalue weighted by Gasteiger charge is -2.10. The first kappa shape index (κ1) is 12.6. The van der Waals surface area contributed by atoms with Crippen LogP contribution in [0.15, 0.2) is 30.3 Å². The van der Waals surface area contributed by atoms with Gasteiger partial charge in [-0.3, -0.25) is 0 Å². The Labute approximate surface area is 108 Å². The molecule has 0 spiro atoms. The van der Waals surface area contributed by atoms with Gasteiger partial charge in [0.15, 0.2) is 0 Å². The summed E-state index contributed by atoms with van der Waals surface area (Å²) in [4.78, 5) is 4.40. The van der Waals surface area contributed by atoms with E-state index in [0.717, 1.165) is 22.6 Å². The lowest BCUT2D eigenvalue weighted by molar-refractivity contribution is 0.457.